The molecule has 3 aliphatic rings. The number of likely N-dealkylation sites (N-methyl/N-ethyl adjacent to an activating group) is 1. The Bertz CT molecular complexity index is 1130. The lowest BCUT2D eigenvalue weighted by atomic mass is 9.95. The average molecular weight is 518 g/mol. The number of aliphatic carboxylic acids is 1. The van der Waals surface area contributed by atoms with Gasteiger partial charge in [0.05, 0.1) is 0 Å². The molecule has 36 heavy (non-hydrogen) atoms. The SMILES string of the molecule is CCN1CCN(C(=O)NC(C(=O)NC2C(=O)N3C(C(=O)O)C(C)(C)S[C@H]23)c2ccccc2)C(=O)C1=O. The van der Waals surface area contributed by atoms with Gasteiger partial charge in [0.1, 0.15) is 23.5 Å². The van der Waals surface area contributed by atoms with Crippen LogP contribution in [0.2, 0.25) is 0 Å². The number of carbonyl (C=O) groups excluding carboxylic acids is 5. The summed E-state index contributed by atoms with van der Waals surface area (Å²) >= 11 is 1.28. The minimum Gasteiger partial charge on any atom is -0.480 e. The minimum atomic E-state index is -1.26. The van der Waals surface area contributed by atoms with Gasteiger partial charge in [-0.25, -0.2) is 9.59 Å². The second-order valence-corrected chi connectivity index (χ2v) is 11.0. The molecule has 3 saturated heterocycles. The number of nitrogens with zero attached hydrogens (tertiary/aromatic N) is 3. The largest absolute Gasteiger partial charge is 0.480 e. The number of β-lactam (4-membered cyclic amide) rings is 1. The Labute approximate surface area is 211 Å². The highest BCUT2D eigenvalue weighted by molar-refractivity contribution is 8.01. The van der Waals surface area contributed by atoms with Crippen LogP contribution in [0.15, 0.2) is 30.3 Å². The van der Waals surface area contributed by atoms with Crippen molar-refractivity contribution in [3.05, 3.63) is 35.9 Å². The van der Waals surface area contributed by atoms with Gasteiger partial charge in [-0.05, 0) is 26.3 Å². The van der Waals surface area contributed by atoms with Crippen molar-refractivity contribution in [1.82, 2.24) is 25.3 Å². The standard InChI is InChI=1S/C23H27N5O7S/c1-4-26-10-11-27(19(32)18(26)31)22(35)25-13(12-8-6-5-7-9-12)16(29)24-14-17(30)28-15(21(33)34)23(2,3)36-20(14)28/h5-9,13-15,20H,4,10-11H2,1-3H3,(H,24,29)(H,25,35)(H,33,34)/t13?,14?,15?,20-/m1/s1. The molecule has 1 aromatic carbocycles. The van der Waals surface area contributed by atoms with Gasteiger partial charge in [0.2, 0.25) is 11.8 Å². The summed E-state index contributed by atoms with van der Waals surface area (Å²) in [5.74, 6) is -4.12. The molecule has 0 aromatic heterocycles. The fraction of sp³-hybridized carbons (Fsp3) is 0.478. The lowest BCUT2D eigenvalue weighted by molar-refractivity contribution is -0.161. The number of amides is 6. The van der Waals surface area contributed by atoms with Gasteiger partial charge < -0.3 is 25.5 Å². The summed E-state index contributed by atoms with van der Waals surface area (Å²) in [6.07, 6.45) is 0. The molecule has 1 aromatic rings. The summed E-state index contributed by atoms with van der Waals surface area (Å²) in [6, 6.07) is 4.11. The molecule has 0 radical (unpaired) electrons. The molecule has 3 heterocycles. The van der Waals surface area contributed by atoms with Crippen LogP contribution in [0.3, 0.4) is 0 Å². The van der Waals surface area contributed by atoms with Crippen molar-refractivity contribution < 1.29 is 33.9 Å². The van der Waals surface area contributed by atoms with E-state index in [0.717, 1.165) is 4.90 Å². The number of benzene rings is 1. The first-order valence-corrected chi connectivity index (χ1v) is 12.3. The van der Waals surface area contributed by atoms with E-state index < -0.39 is 63.9 Å². The number of nitrogens with one attached hydrogen (secondary N) is 2. The number of carbonyl (C=O) groups is 6. The number of piperazine rings is 1. The molecule has 0 spiro atoms. The molecule has 0 saturated carbocycles. The van der Waals surface area contributed by atoms with E-state index in [4.69, 9.17) is 0 Å². The number of hydrogen-bond donors (Lipinski definition) is 3. The second-order valence-electron chi connectivity index (χ2n) is 9.22. The number of carboxylic acids is 1. The van der Waals surface area contributed by atoms with Gasteiger partial charge in [-0.1, -0.05) is 30.3 Å². The Balaban J connectivity index is 1.51. The van der Waals surface area contributed by atoms with E-state index in [2.05, 4.69) is 10.6 Å². The summed E-state index contributed by atoms with van der Waals surface area (Å²) < 4.78 is -0.758. The molecule has 3 unspecified atom stereocenters. The summed E-state index contributed by atoms with van der Waals surface area (Å²) in [7, 11) is 0. The molecule has 12 nitrogen and oxygen atoms in total. The topological polar surface area (TPSA) is 156 Å². The Morgan fingerprint density at radius 2 is 1.78 bits per heavy atom. The number of hydrogen-bond acceptors (Lipinski definition) is 7. The fourth-order valence-corrected chi connectivity index (χ4v) is 6.32. The van der Waals surface area contributed by atoms with Crippen molar-refractivity contribution in [2.75, 3.05) is 19.6 Å². The zero-order valence-corrected chi connectivity index (χ0v) is 20.8. The van der Waals surface area contributed by atoms with Crippen LogP contribution in [-0.2, 0) is 24.0 Å². The summed E-state index contributed by atoms with van der Waals surface area (Å²) in [5.41, 5.74) is 0.403. The van der Waals surface area contributed by atoms with Gasteiger partial charge in [-0.15, -0.1) is 11.8 Å². The van der Waals surface area contributed by atoms with E-state index in [1.807, 2.05) is 0 Å². The van der Waals surface area contributed by atoms with Gasteiger partial charge in [0, 0.05) is 24.4 Å². The van der Waals surface area contributed by atoms with Crippen LogP contribution in [0.5, 0.6) is 0 Å². The molecule has 3 aliphatic heterocycles. The number of carboxylic acid groups (broad SMARTS) is 1. The molecule has 4 rings (SSSR count). The van der Waals surface area contributed by atoms with Crippen LogP contribution in [-0.4, -0.2) is 97.3 Å². The highest BCUT2D eigenvalue weighted by Crippen LogP contribution is 2.50. The molecular formula is C23H27N5O7S. The summed E-state index contributed by atoms with van der Waals surface area (Å²) in [5, 5.41) is 14.2. The molecule has 4 atom stereocenters. The Morgan fingerprint density at radius 1 is 1.11 bits per heavy atom. The Kier molecular flexibility index (Phi) is 6.69. The predicted molar refractivity (Wildman–Crippen MR) is 127 cm³/mol. The number of urea groups is 1. The van der Waals surface area contributed by atoms with Crippen molar-refractivity contribution in [2.45, 2.75) is 49.0 Å². The van der Waals surface area contributed by atoms with Crippen LogP contribution in [0.1, 0.15) is 32.4 Å². The van der Waals surface area contributed by atoms with E-state index in [9.17, 15) is 33.9 Å². The molecule has 0 aliphatic carbocycles. The van der Waals surface area contributed by atoms with E-state index in [-0.39, 0.29) is 13.1 Å². The number of rotatable bonds is 6. The van der Waals surface area contributed by atoms with Crippen LogP contribution in [0.25, 0.3) is 0 Å². The third-order valence-corrected chi connectivity index (χ3v) is 8.14. The first-order valence-electron chi connectivity index (χ1n) is 11.5. The molecule has 192 valence electrons. The summed E-state index contributed by atoms with van der Waals surface area (Å²) in [6.45, 7) is 5.67. The predicted octanol–water partition coefficient (Wildman–Crippen LogP) is -0.240. The third-order valence-electron chi connectivity index (χ3n) is 6.57. The van der Waals surface area contributed by atoms with Gasteiger partial charge in [0.25, 0.3) is 0 Å². The van der Waals surface area contributed by atoms with Crippen LogP contribution in [0.4, 0.5) is 4.79 Å². The van der Waals surface area contributed by atoms with Crippen LogP contribution in [0, 0.1) is 0 Å². The Morgan fingerprint density at radius 3 is 2.39 bits per heavy atom. The first kappa shape index (κ1) is 25.5. The quantitative estimate of drug-likeness (QED) is 0.345. The molecule has 13 heteroatoms. The molecule has 0 bridgehead atoms. The summed E-state index contributed by atoms with van der Waals surface area (Å²) in [4.78, 5) is 78.8. The van der Waals surface area contributed by atoms with Crippen molar-refractivity contribution in [3.8, 4) is 0 Å². The highest BCUT2D eigenvalue weighted by atomic mass is 32.2. The molecule has 6 amide bonds. The monoisotopic (exact) mass is 517 g/mol. The minimum absolute atomic E-state index is 0.0200. The smallest absolute Gasteiger partial charge is 0.327 e. The van der Waals surface area contributed by atoms with E-state index >= 15 is 0 Å². The van der Waals surface area contributed by atoms with Crippen molar-refractivity contribution in [2.24, 2.45) is 0 Å². The second kappa shape index (κ2) is 9.45. The van der Waals surface area contributed by atoms with E-state index in [1.165, 1.54) is 21.6 Å². The lowest BCUT2D eigenvalue weighted by Crippen LogP contribution is -2.71. The lowest BCUT2D eigenvalue weighted by Gasteiger charge is -2.44. The zero-order valence-electron chi connectivity index (χ0n) is 20.0. The van der Waals surface area contributed by atoms with Gasteiger partial charge in [0.15, 0.2) is 0 Å². The molecule has 3 N–H and O–H groups in total. The zero-order chi connectivity index (χ0) is 26.4. The number of imide groups is 1. The van der Waals surface area contributed by atoms with Gasteiger partial charge >= 0.3 is 23.8 Å². The number of fused-ring (bicyclic) bond motifs is 1. The van der Waals surface area contributed by atoms with Crippen LogP contribution < -0.4 is 10.6 Å². The van der Waals surface area contributed by atoms with E-state index in [0.29, 0.717) is 12.1 Å². The van der Waals surface area contributed by atoms with E-state index in [1.54, 1.807) is 51.1 Å². The maximum absolute atomic E-state index is 13.3. The average Bonchev–Trinajstić information content (AvgIpc) is 3.10. The first-order chi connectivity index (χ1) is 17.0. The van der Waals surface area contributed by atoms with Crippen molar-refractivity contribution in [3.63, 3.8) is 0 Å². The fourth-order valence-electron chi connectivity index (χ4n) is 4.70. The maximum atomic E-state index is 13.3. The Hall–Kier alpha value is -3.61. The van der Waals surface area contributed by atoms with Crippen LogP contribution >= 0.6 is 11.8 Å². The highest BCUT2D eigenvalue weighted by Gasteiger charge is 2.64. The normalized spacial score (nSPS) is 25.7. The number of thioether (sulfide) groups is 1. The van der Waals surface area contributed by atoms with Gasteiger partial charge in [-0.3, -0.25) is 24.1 Å². The van der Waals surface area contributed by atoms with Crippen molar-refractivity contribution >= 4 is 47.4 Å². The molecular weight excluding hydrogens is 490 g/mol. The van der Waals surface area contributed by atoms with Crippen molar-refractivity contribution in [1.29, 1.82) is 0 Å². The van der Waals surface area contributed by atoms with Gasteiger partial charge in [-0.2, -0.15) is 0 Å². The third kappa shape index (κ3) is 4.27. The molecule has 3 fully saturated rings. The maximum Gasteiger partial charge on any atom is 0.327 e.